The van der Waals surface area contributed by atoms with Crippen molar-refractivity contribution in [3.63, 3.8) is 0 Å². The largest absolute Gasteiger partial charge is 0.354 e. The molecule has 2 atom stereocenters. The number of anilines is 2. The Morgan fingerprint density at radius 2 is 1.79 bits per heavy atom. The molecule has 29 heavy (non-hydrogen) atoms. The standard InChI is InChI=1S/C20H25FN6O2/c1-11-7-26-15(10-24(11)3)19(28)27(13-8-23(2)9-13)17-16(26)14-5-12(21)6-22-18(14)25(4)20(17)29/h5-6,11,13,15H,7-10H2,1-4H3. The summed E-state index contributed by atoms with van der Waals surface area (Å²) >= 11 is 0. The highest BCUT2D eigenvalue weighted by atomic mass is 19.1. The summed E-state index contributed by atoms with van der Waals surface area (Å²) in [5, 5.41) is 0.578. The molecule has 0 saturated carbocycles. The van der Waals surface area contributed by atoms with Gasteiger partial charge in [0, 0.05) is 44.7 Å². The molecule has 0 aromatic carbocycles. The zero-order valence-electron chi connectivity index (χ0n) is 17.1. The molecule has 9 heteroatoms. The normalized spacial score (nSPS) is 25.9. The van der Waals surface area contributed by atoms with Crippen LogP contribution in [0.2, 0.25) is 0 Å². The molecule has 5 rings (SSSR count). The number of likely N-dealkylation sites (tertiary alicyclic amines) is 1. The van der Waals surface area contributed by atoms with Crippen molar-refractivity contribution in [3.05, 3.63) is 28.4 Å². The number of hydrogen-bond donors (Lipinski definition) is 0. The predicted molar refractivity (Wildman–Crippen MR) is 109 cm³/mol. The van der Waals surface area contributed by atoms with Crippen LogP contribution in [0.3, 0.4) is 0 Å². The van der Waals surface area contributed by atoms with E-state index in [0.717, 1.165) is 6.20 Å². The fourth-order valence-corrected chi connectivity index (χ4v) is 4.89. The Morgan fingerprint density at radius 3 is 2.48 bits per heavy atom. The van der Waals surface area contributed by atoms with Gasteiger partial charge < -0.3 is 9.80 Å². The van der Waals surface area contributed by atoms with E-state index in [-0.39, 0.29) is 23.6 Å². The van der Waals surface area contributed by atoms with Gasteiger partial charge in [0.05, 0.1) is 17.9 Å². The molecule has 2 unspecified atom stereocenters. The molecule has 2 aromatic heterocycles. The number of halogens is 1. The van der Waals surface area contributed by atoms with Crippen LogP contribution in [0.15, 0.2) is 17.1 Å². The van der Waals surface area contributed by atoms with E-state index in [1.54, 1.807) is 11.9 Å². The number of piperazine rings is 1. The summed E-state index contributed by atoms with van der Waals surface area (Å²) in [7, 11) is 5.63. The molecule has 0 N–H and O–H groups in total. The maximum Gasteiger partial charge on any atom is 0.278 e. The number of pyridine rings is 2. The minimum Gasteiger partial charge on any atom is -0.354 e. The number of aromatic nitrogens is 2. The van der Waals surface area contributed by atoms with Crippen LogP contribution < -0.4 is 15.4 Å². The molecule has 0 aliphatic carbocycles. The second kappa shape index (κ2) is 6.24. The molecule has 3 aliphatic rings. The van der Waals surface area contributed by atoms with Gasteiger partial charge in [-0.1, -0.05) is 0 Å². The third kappa shape index (κ3) is 2.53. The topological polar surface area (TPSA) is 64.9 Å². The second-order valence-electron chi connectivity index (χ2n) is 8.63. The fraction of sp³-hybridized carbons (Fsp3) is 0.550. The first-order valence-corrected chi connectivity index (χ1v) is 9.94. The highest BCUT2D eigenvalue weighted by Gasteiger charge is 2.48. The SMILES string of the molecule is CC1CN2c3c(c(=O)n(C)c4ncc(F)cc34)N(C3CN(C)C3)C(=O)C2CN1C. The Morgan fingerprint density at radius 1 is 1.07 bits per heavy atom. The number of amides is 1. The first-order chi connectivity index (χ1) is 13.8. The first kappa shape index (κ1) is 18.5. The van der Waals surface area contributed by atoms with Crippen LogP contribution in [0.5, 0.6) is 0 Å². The van der Waals surface area contributed by atoms with Crippen LogP contribution in [0.4, 0.5) is 15.8 Å². The van der Waals surface area contributed by atoms with Gasteiger partial charge in [-0.15, -0.1) is 0 Å². The van der Waals surface area contributed by atoms with Crippen molar-refractivity contribution in [2.75, 3.05) is 50.1 Å². The van der Waals surface area contributed by atoms with Crippen LogP contribution >= 0.6 is 0 Å². The summed E-state index contributed by atoms with van der Waals surface area (Å²) in [6.45, 7) is 4.68. The molecule has 2 aromatic rings. The molecule has 3 aliphatic heterocycles. The lowest BCUT2D eigenvalue weighted by molar-refractivity contribution is -0.122. The van der Waals surface area contributed by atoms with Gasteiger partial charge in [0.25, 0.3) is 11.5 Å². The molecule has 0 spiro atoms. The minimum atomic E-state index is -0.455. The highest BCUT2D eigenvalue weighted by Crippen LogP contribution is 2.42. The fourth-order valence-electron chi connectivity index (χ4n) is 4.89. The van der Waals surface area contributed by atoms with Gasteiger partial charge in [0.2, 0.25) is 0 Å². The number of carbonyl (C=O) groups excluding carboxylic acids is 1. The maximum absolute atomic E-state index is 14.2. The summed E-state index contributed by atoms with van der Waals surface area (Å²) < 4.78 is 15.6. The van der Waals surface area contributed by atoms with E-state index in [0.29, 0.717) is 48.6 Å². The van der Waals surface area contributed by atoms with Crippen molar-refractivity contribution in [3.8, 4) is 0 Å². The van der Waals surface area contributed by atoms with E-state index in [4.69, 9.17) is 0 Å². The van der Waals surface area contributed by atoms with Gasteiger partial charge in [0.15, 0.2) is 0 Å². The summed E-state index contributed by atoms with van der Waals surface area (Å²) in [5.74, 6) is -0.501. The van der Waals surface area contributed by atoms with E-state index < -0.39 is 11.9 Å². The smallest absolute Gasteiger partial charge is 0.278 e. The molecule has 5 heterocycles. The molecule has 0 bridgehead atoms. The van der Waals surface area contributed by atoms with Crippen LogP contribution in [-0.4, -0.2) is 83.7 Å². The first-order valence-electron chi connectivity index (χ1n) is 9.94. The lowest BCUT2D eigenvalue weighted by Crippen LogP contribution is -2.70. The van der Waals surface area contributed by atoms with Crippen molar-refractivity contribution < 1.29 is 9.18 Å². The molecular weight excluding hydrogens is 375 g/mol. The average Bonchev–Trinajstić information content (AvgIpc) is 2.65. The quantitative estimate of drug-likeness (QED) is 0.684. The lowest BCUT2D eigenvalue weighted by atomic mass is 9.96. The zero-order chi connectivity index (χ0) is 20.6. The Labute approximate surface area is 168 Å². The average molecular weight is 400 g/mol. The van der Waals surface area contributed by atoms with E-state index in [1.807, 2.05) is 19.0 Å². The summed E-state index contributed by atoms with van der Waals surface area (Å²) in [5.41, 5.74) is 1.18. The third-order valence-electron chi connectivity index (χ3n) is 6.65. The van der Waals surface area contributed by atoms with Crippen LogP contribution in [0.1, 0.15) is 6.92 Å². The van der Waals surface area contributed by atoms with Crippen molar-refractivity contribution in [1.29, 1.82) is 0 Å². The third-order valence-corrected chi connectivity index (χ3v) is 6.65. The Kier molecular flexibility index (Phi) is 3.98. The Bertz CT molecular complexity index is 1080. The van der Waals surface area contributed by atoms with Gasteiger partial charge in [-0.2, -0.15) is 0 Å². The Balaban J connectivity index is 1.82. The second-order valence-corrected chi connectivity index (χ2v) is 8.63. The van der Waals surface area contributed by atoms with Crippen LogP contribution in [-0.2, 0) is 11.8 Å². The van der Waals surface area contributed by atoms with E-state index in [2.05, 4.69) is 21.7 Å². The van der Waals surface area contributed by atoms with Gasteiger partial charge >= 0.3 is 0 Å². The molecule has 0 radical (unpaired) electrons. The van der Waals surface area contributed by atoms with Crippen molar-refractivity contribution in [1.82, 2.24) is 19.4 Å². The number of rotatable bonds is 1. The molecule has 8 nitrogen and oxygen atoms in total. The number of nitrogens with zero attached hydrogens (tertiary/aromatic N) is 6. The monoisotopic (exact) mass is 400 g/mol. The van der Waals surface area contributed by atoms with Crippen molar-refractivity contribution >= 4 is 28.3 Å². The van der Waals surface area contributed by atoms with Gasteiger partial charge in [-0.05, 0) is 27.1 Å². The highest BCUT2D eigenvalue weighted by molar-refractivity contribution is 6.11. The molecule has 2 saturated heterocycles. The van der Waals surface area contributed by atoms with E-state index in [9.17, 15) is 14.0 Å². The molecule has 154 valence electrons. The van der Waals surface area contributed by atoms with Crippen LogP contribution in [0, 0.1) is 5.82 Å². The van der Waals surface area contributed by atoms with Crippen LogP contribution in [0.25, 0.3) is 11.0 Å². The van der Waals surface area contributed by atoms with E-state index >= 15 is 0 Å². The number of fused-ring (bicyclic) bond motifs is 5. The molecule has 1 amide bonds. The summed E-state index contributed by atoms with van der Waals surface area (Å²) in [4.78, 5) is 39.2. The van der Waals surface area contributed by atoms with Crippen molar-refractivity contribution in [2.45, 2.75) is 25.0 Å². The van der Waals surface area contributed by atoms with Crippen molar-refractivity contribution in [2.24, 2.45) is 7.05 Å². The van der Waals surface area contributed by atoms with Gasteiger partial charge in [-0.25, -0.2) is 9.37 Å². The zero-order valence-corrected chi connectivity index (χ0v) is 17.1. The minimum absolute atomic E-state index is 0.0461. The lowest BCUT2D eigenvalue weighted by Gasteiger charge is -2.53. The molecule has 2 fully saturated rings. The molecular formula is C20H25FN6O2. The number of likely N-dealkylation sites (N-methyl/N-ethyl adjacent to an activating group) is 2. The van der Waals surface area contributed by atoms with E-state index in [1.165, 1.54) is 10.6 Å². The Hall–Kier alpha value is -2.52. The number of hydrogen-bond acceptors (Lipinski definition) is 6. The van der Waals surface area contributed by atoms with Gasteiger partial charge in [-0.3, -0.25) is 24.0 Å². The predicted octanol–water partition coefficient (Wildman–Crippen LogP) is 0.242. The van der Waals surface area contributed by atoms with Gasteiger partial charge in [0.1, 0.15) is 23.2 Å². The number of carbonyl (C=O) groups is 1. The summed E-state index contributed by atoms with van der Waals surface area (Å²) in [6, 6.07) is 1.19. The summed E-state index contributed by atoms with van der Waals surface area (Å²) in [6.07, 6.45) is 1.13. The number of aryl methyl sites for hydroxylation is 1. The maximum atomic E-state index is 14.2.